The normalized spacial score (nSPS) is 9.50. The van der Waals surface area contributed by atoms with Crippen LogP contribution in [0.5, 0.6) is 0 Å². The number of amides is 1. The van der Waals surface area contributed by atoms with E-state index < -0.39 is 6.09 Å². The Morgan fingerprint density at radius 1 is 1.42 bits per heavy atom. The van der Waals surface area contributed by atoms with Gasteiger partial charge in [-0.15, -0.1) is 0 Å². The number of aliphatic hydroxyl groups is 1. The number of nitrogens with one attached hydrogen (secondary N) is 1. The summed E-state index contributed by atoms with van der Waals surface area (Å²) in [6.45, 7) is 3.16. The Bertz CT molecular complexity index is 118. The monoisotopic (exact) mass is 177 g/mol. The zero-order chi connectivity index (χ0) is 9.23. The van der Waals surface area contributed by atoms with E-state index >= 15 is 0 Å². The number of alkyl carbamates (subject to hydrolysis) is 1. The second kappa shape index (κ2) is 8.29. The molecule has 0 aliphatic carbocycles. The standard InChI is InChI=1S/C7H15NO4/c1-2-8-7(10)12-6-5-11-4-3-9/h9H,2-6H2,1H3,(H,8,10). The molecule has 0 aliphatic heterocycles. The molecule has 0 unspecified atom stereocenters. The summed E-state index contributed by atoms with van der Waals surface area (Å²) in [5.74, 6) is 0. The maximum atomic E-state index is 10.6. The van der Waals surface area contributed by atoms with Crippen LogP contribution in [0.1, 0.15) is 6.92 Å². The minimum absolute atomic E-state index is 0.0127. The van der Waals surface area contributed by atoms with Crippen LogP contribution >= 0.6 is 0 Å². The van der Waals surface area contributed by atoms with Gasteiger partial charge in [-0.2, -0.15) is 0 Å². The maximum absolute atomic E-state index is 10.6. The van der Waals surface area contributed by atoms with Crippen molar-refractivity contribution in [2.45, 2.75) is 6.92 Å². The van der Waals surface area contributed by atoms with Gasteiger partial charge in [-0.25, -0.2) is 4.79 Å². The lowest BCUT2D eigenvalue weighted by Crippen LogP contribution is -2.25. The van der Waals surface area contributed by atoms with E-state index in [-0.39, 0.29) is 19.8 Å². The Kier molecular flexibility index (Phi) is 7.73. The molecule has 0 saturated heterocycles. The summed E-state index contributed by atoms with van der Waals surface area (Å²) in [7, 11) is 0. The first kappa shape index (κ1) is 11.2. The Hall–Kier alpha value is -0.810. The number of carbonyl (C=O) groups is 1. The Morgan fingerprint density at radius 3 is 2.75 bits per heavy atom. The lowest BCUT2D eigenvalue weighted by molar-refractivity contribution is 0.0538. The molecular weight excluding hydrogens is 162 g/mol. The molecule has 0 aromatic rings. The van der Waals surface area contributed by atoms with E-state index in [0.717, 1.165) is 0 Å². The van der Waals surface area contributed by atoms with E-state index in [0.29, 0.717) is 13.2 Å². The Balaban J connectivity index is 3.03. The van der Waals surface area contributed by atoms with Crippen LogP contribution < -0.4 is 5.32 Å². The molecule has 0 heterocycles. The minimum Gasteiger partial charge on any atom is -0.447 e. The summed E-state index contributed by atoms with van der Waals surface area (Å²) < 4.78 is 9.53. The van der Waals surface area contributed by atoms with Crippen molar-refractivity contribution in [3.05, 3.63) is 0 Å². The van der Waals surface area contributed by atoms with Gasteiger partial charge in [0.2, 0.25) is 0 Å². The van der Waals surface area contributed by atoms with E-state index in [1.54, 1.807) is 0 Å². The zero-order valence-corrected chi connectivity index (χ0v) is 7.21. The molecule has 0 rings (SSSR count). The molecule has 0 bridgehead atoms. The van der Waals surface area contributed by atoms with Crippen LogP contribution in [0.2, 0.25) is 0 Å². The second-order valence-electron chi connectivity index (χ2n) is 2.00. The van der Waals surface area contributed by atoms with E-state index in [1.807, 2.05) is 6.92 Å². The first-order valence-electron chi connectivity index (χ1n) is 3.90. The van der Waals surface area contributed by atoms with Gasteiger partial charge < -0.3 is 19.9 Å². The van der Waals surface area contributed by atoms with Crippen LogP contribution in [0, 0.1) is 0 Å². The van der Waals surface area contributed by atoms with Gasteiger partial charge >= 0.3 is 6.09 Å². The summed E-state index contributed by atoms with van der Waals surface area (Å²) >= 11 is 0. The van der Waals surface area contributed by atoms with E-state index in [9.17, 15) is 4.79 Å². The number of hydrogen-bond donors (Lipinski definition) is 2. The summed E-state index contributed by atoms with van der Waals surface area (Å²) in [6.07, 6.45) is -0.440. The molecular formula is C7H15NO4. The predicted molar refractivity (Wildman–Crippen MR) is 42.9 cm³/mol. The van der Waals surface area contributed by atoms with Crippen LogP contribution in [-0.4, -0.2) is 44.2 Å². The van der Waals surface area contributed by atoms with E-state index in [4.69, 9.17) is 9.84 Å². The summed E-state index contributed by atoms with van der Waals surface area (Å²) in [5.41, 5.74) is 0. The van der Waals surface area contributed by atoms with Crippen LogP contribution in [-0.2, 0) is 9.47 Å². The number of carbonyl (C=O) groups excluding carboxylic acids is 1. The first-order chi connectivity index (χ1) is 5.81. The third-order valence-corrected chi connectivity index (χ3v) is 1.02. The highest BCUT2D eigenvalue weighted by molar-refractivity contribution is 5.66. The minimum atomic E-state index is -0.440. The van der Waals surface area contributed by atoms with Crippen molar-refractivity contribution in [1.29, 1.82) is 0 Å². The molecule has 0 spiro atoms. The molecule has 12 heavy (non-hydrogen) atoms. The molecule has 72 valence electrons. The van der Waals surface area contributed by atoms with Crippen molar-refractivity contribution in [2.24, 2.45) is 0 Å². The summed E-state index contributed by atoms with van der Waals surface area (Å²) in [6, 6.07) is 0. The number of aliphatic hydroxyl groups excluding tert-OH is 1. The highest BCUT2D eigenvalue weighted by Gasteiger charge is 1.97. The van der Waals surface area contributed by atoms with Crippen molar-refractivity contribution < 1.29 is 19.4 Å². The highest BCUT2D eigenvalue weighted by atomic mass is 16.6. The molecule has 0 saturated carbocycles. The SMILES string of the molecule is CCNC(=O)OCCOCCO. The number of ether oxygens (including phenoxy) is 2. The molecule has 5 nitrogen and oxygen atoms in total. The predicted octanol–water partition coefficient (Wildman–Crippen LogP) is -0.259. The van der Waals surface area contributed by atoms with Gasteiger partial charge in [0.05, 0.1) is 19.8 Å². The fraction of sp³-hybridized carbons (Fsp3) is 0.857. The molecule has 0 aromatic carbocycles. The molecule has 0 fully saturated rings. The van der Waals surface area contributed by atoms with Gasteiger partial charge in [0.1, 0.15) is 6.61 Å². The highest BCUT2D eigenvalue weighted by Crippen LogP contribution is 1.79. The quantitative estimate of drug-likeness (QED) is 0.548. The number of hydrogen-bond acceptors (Lipinski definition) is 4. The van der Waals surface area contributed by atoms with Crippen LogP contribution in [0.4, 0.5) is 4.79 Å². The molecule has 0 atom stereocenters. The van der Waals surface area contributed by atoms with Crippen molar-refractivity contribution in [2.75, 3.05) is 33.0 Å². The third-order valence-electron chi connectivity index (χ3n) is 1.02. The molecule has 0 aromatic heterocycles. The van der Waals surface area contributed by atoms with Gasteiger partial charge in [-0.05, 0) is 6.92 Å². The van der Waals surface area contributed by atoms with E-state index in [1.165, 1.54) is 0 Å². The Labute approximate surface area is 71.7 Å². The molecule has 5 heteroatoms. The number of rotatable bonds is 6. The third kappa shape index (κ3) is 7.30. The van der Waals surface area contributed by atoms with Gasteiger partial charge in [-0.3, -0.25) is 0 Å². The van der Waals surface area contributed by atoms with Crippen LogP contribution in [0.3, 0.4) is 0 Å². The summed E-state index contributed by atoms with van der Waals surface area (Å²) in [5, 5.41) is 10.8. The second-order valence-corrected chi connectivity index (χ2v) is 2.00. The van der Waals surface area contributed by atoms with Crippen molar-refractivity contribution in [3.63, 3.8) is 0 Å². The lowest BCUT2D eigenvalue weighted by atomic mass is 10.7. The first-order valence-corrected chi connectivity index (χ1v) is 3.90. The topological polar surface area (TPSA) is 67.8 Å². The average molecular weight is 177 g/mol. The van der Waals surface area contributed by atoms with Crippen molar-refractivity contribution in [1.82, 2.24) is 5.32 Å². The molecule has 2 N–H and O–H groups in total. The molecule has 1 amide bonds. The fourth-order valence-electron chi connectivity index (χ4n) is 0.555. The van der Waals surface area contributed by atoms with Gasteiger partial charge in [0, 0.05) is 6.54 Å². The van der Waals surface area contributed by atoms with Crippen molar-refractivity contribution >= 4 is 6.09 Å². The Morgan fingerprint density at radius 2 is 2.17 bits per heavy atom. The van der Waals surface area contributed by atoms with E-state index in [2.05, 4.69) is 10.1 Å². The van der Waals surface area contributed by atoms with Gasteiger partial charge in [-0.1, -0.05) is 0 Å². The zero-order valence-electron chi connectivity index (χ0n) is 7.21. The van der Waals surface area contributed by atoms with Gasteiger partial charge in [0.25, 0.3) is 0 Å². The van der Waals surface area contributed by atoms with Gasteiger partial charge in [0.15, 0.2) is 0 Å². The summed E-state index contributed by atoms with van der Waals surface area (Å²) in [4.78, 5) is 10.6. The largest absolute Gasteiger partial charge is 0.447 e. The van der Waals surface area contributed by atoms with Crippen LogP contribution in [0.25, 0.3) is 0 Å². The smallest absolute Gasteiger partial charge is 0.407 e. The molecule has 0 aliphatic rings. The molecule has 0 radical (unpaired) electrons. The fourth-order valence-corrected chi connectivity index (χ4v) is 0.555. The van der Waals surface area contributed by atoms with Crippen LogP contribution in [0.15, 0.2) is 0 Å². The average Bonchev–Trinajstić information content (AvgIpc) is 2.05. The lowest BCUT2D eigenvalue weighted by Gasteiger charge is -2.04. The maximum Gasteiger partial charge on any atom is 0.407 e. The van der Waals surface area contributed by atoms with Crippen molar-refractivity contribution in [3.8, 4) is 0 Å².